The van der Waals surface area contributed by atoms with Crippen LogP contribution in [0.2, 0.25) is 0 Å². The van der Waals surface area contributed by atoms with Crippen molar-refractivity contribution < 1.29 is 9.34 Å². The smallest absolute Gasteiger partial charge is 0.312 e. The molecule has 0 aliphatic carbocycles. The van der Waals surface area contributed by atoms with Crippen LogP contribution in [0.25, 0.3) is 0 Å². The number of nitro groups is 1. The Kier molecular flexibility index (Phi) is 6.51. The lowest BCUT2D eigenvalue weighted by Gasteiger charge is -2.06. The van der Waals surface area contributed by atoms with E-state index >= 15 is 0 Å². The van der Waals surface area contributed by atoms with Crippen molar-refractivity contribution in [2.45, 2.75) is 12.3 Å². The summed E-state index contributed by atoms with van der Waals surface area (Å²) in [6.07, 6.45) is 1.53. The van der Waals surface area contributed by atoms with Gasteiger partial charge in [0.25, 0.3) is 0 Å². The van der Waals surface area contributed by atoms with E-state index in [1.165, 1.54) is 12.3 Å². The Bertz CT molecular complexity index is 625. The maximum absolute atomic E-state index is 10.7. The highest BCUT2D eigenvalue weighted by Crippen LogP contribution is 2.20. The van der Waals surface area contributed by atoms with Crippen molar-refractivity contribution in [1.82, 2.24) is 15.3 Å². The summed E-state index contributed by atoms with van der Waals surface area (Å²) in [5.41, 5.74) is 5.79. The van der Waals surface area contributed by atoms with E-state index in [0.717, 1.165) is 29.6 Å². The standard InChI is InChI=1S/C14H21N5O3S/c1-18(2)9-11-3-4-12(22-11)10-23-8-7-16-17-14-13(19(20)21)5-6-15-14/h3-6,15-17H,7-10H2,1-2H3. The van der Waals surface area contributed by atoms with Crippen molar-refractivity contribution in [1.29, 1.82) is 0 Å². The van der Waals surface area contributed by atoms with Crippen LogP contribution in [-0.4, -0.2) is 41.2 Å². The fourth-order valence-electron chi connectivity index (χ4n) is 1.96. The topological polar surface area (TPSA) is 99.4 Å². The monoisotopic (exact) mass is 339 g/mol. The number of thioether (sulfide) groups is 1. The predicted molar refractivity (Wildman–Crippen MR) is 91.3 cm³/mol. The number of hydrogen-bond donors (Lipinski definition) is 3. The second kappa shape index (κ2) is 8.61. The molecule has 0 unspecified atom stereocenters. The van der Waals surface area contributed by atoms with Gasteiger partial charge in [-0.3, -0.25) is 10.1 Å². The first-order valence-corrected chi connectivity index (χ1v) is 8.32. The Balaban J connectivity index is 1.61. The summed E-state index contributed by atoms with van der Waals surface area (Å²) in [5.74, 6) is 3.94. The van der Waals surface area contributed by atoms with Crippen molar-refractivity contribution >= 4 is 23.3 Å². The molecule has 2 heterocycles. The molecule has 0 aliphatic rings. The molecule has 0 bridgehead atoms. The van der Waals surface area contributed by atoms with E-state index in [1.54, 1.807) is 11.8 Å². The molecule has 2 rings (SSSR count). The lowest BCUT2D eigenvalue weighted by Crippen LogP contribution is -2.24. The summed E-state index contributed by atoms with van der Waals surface area (Å²) >= 11 is 1.73. The molecule has 3 N–H and O–H groups in total. The van der Waals surface area contributed by atoms with Crippen molar-refractivity contribution in [2.75, 3.05) is 31.8 Å². The minimum absolute atomic E-state index is 0.0224. The van der Waals surface area contributed by atoms with E-state index in [2.05, 4.69) is 20.7 Å². The average Bonchev–Trinajstić information content (AvgIpc) is 3.11. The zero-order chi connectivity index (χ0) is 16.7. The number of furan rings is 1. The summed E-state index contributed by atoms with van der Waals surface area (Å²) < 4.78 is 5.72. The van der Waals surface area contributed by atoms with Crippen LogP contribution in [0.15, 0.2) is 28.8 Å². The molecule has 0 saturated heterocycles. The highest BCUT2D eigenvalue weighted by Gasteiger charge is 2.13. The molecule has 0 aliphatic heterocycles. The fraction of sp³-hybridized carbons (Fsp3) is 0.429. The molecule has 2 aromatic heterocycles. The maximum atomic E-state index is 10.7. The number of hydrogen-bond acceptors (Lipinski definition) is 7. The largest absolute Gasteiger partial charge is 0.464 e. The molecular weight excluding hydrogens is 318 g/mol. The van der Waals surface area contributed by atoms with Crippen molar-refractivity contribution in [2.24, 2.45) is 0 Å². The first-order valence-electron chi connectivity index (χ1n) is 7.17. The minimum atomic E-state index is -0.433. The zero-order valence-corrected chi connectivity index (χ0v) is 14.0. The lowest BCUT2D eigenvalue weighted by atomic mass is 10.4. The van der Waals surface area contributed by atoms with Gasteiger partial charge in [-0.05, 0) is 26.2 Å². The first kappa shape index (κ1) is 17.4. The Morgan fingerprint density at radius 3 is 2.87 bits per heavy atom. The molecule has 0 radical (unpaired) electrons. The third-order valence-electron chi connectivity index (χ3n) is 2.94. The van der Waals surface area contributed by atoms with E-state index < -0.39 is 4.92 Å². The van der Waals surface area contributed by atoms with Crippen LogP contribution in [0.1, 0.15) is 11.5 Å². The number of aromatic amines is 1. The molecule has 8 nitrogen and oxygen atoms in total. The Labute approximate surface area is 138 Å². The molecule has 0 spiro atoms. The SMILES string of the molecule is CN(C)Cc1ccc(CSCCNNc2[nH]ccc2[N+](=O)[O-])o1. The molecule has 2 aromatic rings. The van der Waals surface area contributed by atoms with Gasteiger partial charge in [0.15, 0.2) is 5.82 Å². The molecule has 126 valence electrons. The Morgan fingerprint density at radius 1 is 1.35 bits per heavy atom. The summed E-state index contributed by atoms with van der Waals surface area (Å²) in [4.78, 5) is 15.2. The van der Waals surface area contributed by atoms with Gasteiger partial charge in [-0.25, -0.2) is 5.43 Å². The number of nitrogens with one attached hydrogen (secondary N) is 3. The number of nitrogens with zero attached hydrogens (tertiary/aromatic N) is 2. The van der Waals surface area contributed by atoms with Gasteiger partial charge in [0.1, 0.15) is 11.5 Å². The second-order valence-corrected chi connectivity index (χ2v) is 6.31. The molecule has 0 amide bonds. The average molecular weight is 339 g/mol. The highest BCUT2D eigenvalue weighted by molar-refractivity contribution is 7.98. The molecule has 23 heavy (non-hydrogen) atoms. The van der Waals surface area contributed by atoms with Crippen LogP contribution >= 0.6 is 11.8 Å². The number of anilines is 1. The maximum Gasteiger partial charge on any atom is 0.312 e. The minimum Gasteiger partial charge on any atom is -0.464 e. The quantitative estimate of drug-likeness (QED) is 0.347. The van der Waals surface area contributed by atoms with Crippen LogP contribution in [-0.2, 0) is 12.3 Å². The van der Waals surface area contributed by atoms with E-state index in [0.29, 0.717) is 12.4 Å². The van der Waals surface area contributed by atoms with Gasteiger partial charge in [-0.15, -0.1) is 0 Å². The van der Waals surface area contributed by atoms with E-state index in [4.69, 9.17) is 4.42 Å². The predicted octanol–water partition coefficient (Wildman–Crippen LogP) is 2.43. The number of rotatable bonds is 10. The van der Waals surface area contributed by atoms with Crippen molar-refractivity contribution in [3.05, 3.63) is 46.0 Å². The third kappa shape index (κ3) is 5.62. The van der Waals surface area contributed by atoms with E-state index in [-0.39, 0.29) is 5.69 Å². The van der Waals surface area contributed by atoms with Crippen molar-refractivity contribution in [3.8, 4) is 0 Å². The molecule has 0 atom stereocenters. The Hall–Kier alpha value is -1.97. The first-order chi connectivity index (χ1) is 11.1. The van der Waals surface area contributed by atoms with Crippen LogP contribution in [0.5, 0.6) is 0 Å². The van der Waals surface area contributed by atoms with Gasteiger partial charge in [-0.2, -0.15) is 11.8 Å². The third-order valence-corrected chi connectivity index (χ3v) is 3.92. The fourth-order valence-corrected chi connectivity index (χ4v) is 2.70. The molecule has 9 heteroatoms. The van der Waals surface area contributed by atoms with E-state index in [1.807, 2.05) is 26.2 Å². The van der Waals surface area contributed by atoms with Crippen LogP contribution in [0.3, 0.4) is 0 Å². The molecule has 0 fully saturated rings. The van der Waals surface area contributed by atoms with Gasteiger partial charge in [-0.1, -0.05) is 0 Å². The lowest BCUT2D eigenvalue weighted by molar-refractivity contribution is -0.383. The number of H-pyrrole nitrogens is 1. The molecule has 0 aromatic carbocycles. The van der Waals surface area contributed by atoms with Gasteiger partial charge in [0.05, 0.1) is 17.2 Å². The normalized spacial score (nSPS) is 11.1. The van der Waals surface area contributed by atoms with Crippen LogP contribution in [0.4, 0.5) is 11.5 Å². The van der Waals surface area contributed by atoms with Crippen LogP contribution < -0.4 is 10.9 Å². The van der Waals surface area contributed by atoms with Crippen molar-refractivity contribution in [3.63, 3.8) is 0 Å². The number of hydrazine groups is 1. The zero-order valence-electron chi connectivity index (χ0n) is 13.2. The van der Waals surface area contributed by atoms with Gasteiger partial charge >= 0.3 is 5.69 Å². The summed E-state index contributed by atoms with van der Waals surface area (Å²) in [7, 11) is 4.01. The Morgan fingerprint density at radius 2 is 2.13 bits per heavy atom. The number of aromatic nitrogens is 1. The highest BCUT2D eigenvalue weighted by atomic mass is 32.2. The van der Waals surface area contributed by atoms with E-state index in [9.17, 15) is 10.1 Å². The van der Waals surface area contributed by atoms with Gasteiger partial charge in [0, 0.05) is 24.6 Å². The summed E-state index contributed by atoms with van der Waals surface area (Å²) in [6, 6.07) is 5.42. The molecule has 0 saturated carbocycles. The van der Waals surface area contributed by atoms with Gasteiger partial charge in [0.2, 0.25) is 0 Å². The molecular formula is C14H21N5O3S. The van der Waals surface area contributed by atoms with Gasteiger partial charge < -0.3 is 19.7 Å². The summed E-state index contributed by atoms with van der Waals surface area (Å²) in [6.45, 7) is 1.47. The second-order valence-electron chi connectivity index (χ2n) is 5.21. The summed E-state index contributed by atoms with van der Waals surface area (Å²) in [5, 5.41) is 10.7. The van der Waals surface area contributed by atoms with Crippen LogP contribution in [0, 0.1) is 10.1 Å².